The summed E-state index contributed by atoms with van der Waals surface area (Å²) in [6.45, 7) is 0.720. The fourth-order valence-electron chi connectivity index (χ4n) is 5.38. The number of phenols is 1. The van der Waals surface area contributed by atoms with Crippen LogP contribution < -0.4 is 15.4 Å². The molecule has 3 N–H and O–H groups in total. The summed E-state index contributed by atoms with van der Waals surface area (Å²) in [5.41, 5.74) is 8.67. The van der Waals surface area contributed by atoms with Crippen LogP contribution in [0.15, 0.2) is 42.6 Å². The van der Waals surface area contributed by atoms with Crippen LogP contribution in [0, 0.1) is 34.4 Å². The van der Waals surface area contributed by atoms with Gasteiger partial charge in [0.15, 0.2) is 11.5 Å². The van der Waals surface area contributed by atoms with Gasteiger partial charge in [0.2, 0.25) is 0 Å². The molecule has 1 saturated carbocycles. The highest BCUT2D eigenvalue weighted by atomic mass is 19.1. The fourth-order valence-corrected chi connectivity index (χ4v) is 5.38. The molecule has 3 heterocycles. The molecule has 3 atom stereocenters. The highest BCUT2D eigenvalue weighted by Gasteiger charge is 2.40. The molecule has 2 bridgehead atoms. The summed E-state index contributed by atoms with van der Waals surface area (Å²) in [5.74, 6) is 0.467. The number of benzene rings is 2. The number of anilines is 1. The Balaban J connectivity index is 1.73. The van der Waals surface area contributed by atoms with Crippen molar-refractivity contribution in [2.75, 3.05) is 18.6 Å². The van der Waals surface area contributed by atoms with Crippen molar-refractivity contribution in [3.8, 4) is 45.9 Å². The Morgan fingerprint density at radius 2 is 1.94 bits per heavy atom. The lowest BCUT2D eigenvalue weighted by Crippen LogP contribution is -2.57. The van der Waals surface area contributed by atoms with Gasteiger partial charge in [0.25, 0.3) is 0 Å². The first kappa shape index (κ1) is 22.6. The molecule has 3 aromatic rings. The van der Waals surface area contributed by atoms with Crippen LogP contribution in [0.2, 0.25) is 0 Å². The van der Waals surface area contributed by atoms with E-state index in [0.29, 0.717) is 45.3 Å². The van der Waals surface area contributed by atoms with Crippen molar-refractivity contribution in [3.63, 3.8) is 0 Å². The first-order valence-electron chi connectivity index (χ1n) is 11.5. The van der Waals surface area contributed by atoms with Crippen LogP contribution in [-0.4, -0.2) is 35.8 Å². The number of fused-ring (bicyclic) bond motifs is 3. The van der Waals surface area contributed by atoms with Crippen LogP contribution in [0.1, 0.15) is 30.4 Å². The maximum Gasteiger partial charge on any atom is 0.160 e. The first-order chi connectivity index (χ1) is 16.9. The standard InChI is InChI=1S/C27H24FN5O2/c1-35-25-7-5-15(9-24(25)34)21-13-32-27(33-14-18-4-6-19(33)10-23(18)31)20(12-30)26(21)16-2-3-17(11-29)22(28)8-16/h2-3,5,7-9,13,18-19,23,34H,4,6,10,14,31H2,1H3. The van der Waals surface area contributed by atoms with Gasteiger partial charge in [-0.3, -0.25) is 0 Å². The number of pyridine rings is 1. The van der Waals surface area contributed by atoms with Crippen LogP contribution in [-0.2, 0) is 0 Å². The minimum atomic E-state index is -0.668. The van der Waals surface area contributed by atoms with E-state index >= 15 is 0 Å². The predicted molar refractivity (Wildman–Crippen MR) is 129 cm³/mol. The number of nitrogens with zero attached hydrogens (tertiary/aromatic N) is 4. The molecule has 1 aliphatic carbocycles. The Hall–Kier alpha value is -4.14. The number of nitriles is 2. The fraction of sp³-hybridized carbons (Fsp3) is 0.296. The largest absolute Gasteiger partial charge is 0.504 e. The molecule has 35 heavy (non-hydrogen) atoms. The van der Waals surface area contributed by atoms with Gasteiger partial charge >= 0.3 is 0 Å². The molecule has 7 nitrogen and oxygen atoms in total. The molecule has 2 aromatic carbocycles. The molecular formula is C27H24FN5O2. The van der Waals surface area contributed by atoms with Gasteiger partial charge in [0.05, 0.1) is 12.7 Å². The number of nitrogens with two attached hydrogens (primary N) is 1. The molecule has 6 rings (SSSR count). The number of hydrogen-bond donors (Lipinski definition) is 2. The molecule has 1 aromatic heterocycles. The predicted octanol–water partition coefficient (Wildman–Crippen LogP) is 4.33. The Kier molecular flexibility index (Phi) is 5.76. The lowest BCUT2D eigenvalue weighted by molar-refractivity contribution is 0.215. The zero-order valence-electron chi connectivity index (χ0n) is 19.2. The van der Waals surface area contributed by atoms with Crippen LogP contribution in [0.3, 0.4) is 0 Å². The van der Waals surface area contributed by atoms with Gasteiger partial charge in [0.1, 0.15) is 29.3 Å². The second-order valence-electron chi connectivity index (χ2n) is 9.09. The van der Waals surface area contributed by atoms with Crippen molar-refractivity contribution in [1.82, 2.24) is 4.98 Å². The van der Waals surface area contributed by atoms with Gasteiger partial charge in [-0.2, -0.15) is 10.5 Å². The summed E-state index contributed by atoms with van der Waals surface area (Å²) in [4.78, 5) is 6.87. The third kappa shape index (κ3) is 3.82. The van der Waals surface area contributed by atoms with E-state index in [1.807, 2.05) is 6.07 Å². The Labute approximate surface area is 202 Å². The Morgan fingerprint density at radius 1 is 1.14 bits per heavy atom. The van der Waals surface area contributed by atoms with E-state index in [1.165, 1.54) is 25.3 Å². The first-order valence-corrected chi connectivity index (χ1v) is 11.5. The molecule has 2 aliphatic heterocycles. The van der Waals surface area contributed by atoms with E-state index in [9.17, 15) is 20.0 Å². The van der Waals surface area contributed by atoms with Crippen molar-refractivity contribution in [1.29, 1.82) is 10.5 Å². The number of ether oxygens (including phenoxy) is 1. The van der Waals surface area contributed by atoms with E-state index in [1.54, 1.807) is 24.4 Å². The molecule has 3 aliphatic rings. The minimum Gasteiger partial charge on any atom is -0.504 e. The normalized spacial score (nSPS) is 20.8. The number of hydrogen-bond acceptors (Lipinski definition) is 7. The van der Waals surface area contributed by atoms with Crippen molar-refractivity contribution in [3.05, 3.63) is 59.5 Å². The summed E-state index contributed by atoms with van der Waals surface area (Å²) in [6, 6.07) is 13.7. The number of aromatic hydroxyl groups is 1. The molecular weight excluding hydrogens is 445 g/mol. The van der Waals surface area contributed by atoms with Gasteiger partial charge in [-0.15, -0.1) is 0 Å². The molecule has 0 amide bonds. The highest BCUT2D eigenvalue weighted by molar-refractivity contribution is 5.90. The van der Waals surface area contributed by atoms with Crippen LogP contribution in [0.4, 0.5) is 10.2 Å². The Morgan fingerprint density at radius 3 is 2.54 bits per heavy atom. The molecule has 3 unspecified atom stereocenters. The third-order valence-electron chi connectivity index (χ3n) is 7.20. The average Bonchev–Trinajstić information content (AvgIpc) is 2.88. The Bertz CT molecular complexity index is 1390. The molecule has 176 valence electrons. The smallest absolute Gasteiger partial charge is 0.160 e. The van der Waals surface area contributed by atoms with E-state index < -0.39 is 5.82 Å². The van der Waals surface area contributed by atoms with Crippen LogP contribution >= 0.6 is 0 Å². The number of rotatable bonds is 4. The molecule has 8 heteroatoms. The maximum atomic E-state index is 14.7. The highest BCUT2D eigenvalue weighted by Crippen LogP contribution is 2.44. The monoisotopic (exact) mass is 469 g/mol. The topological polar surface area (TPSA) is 119 Å². The number of piperidine rings is 2. The lowest BCUT2D eigenvalue weighted by Gasteiger charge is -2.49. The second kappa shape index (κ2) is 8.90. The summed E-state index contributed by atoms with van der Waals surface area (Å²) >= 11 is 0. The zero-order chi connectivity index (χ0) is 24.7. The van der Waals surface area contributed by atoms with Crippen molar-refractivity contribution < 1.29 is 14.2 Å². The van der Waals surface area contributed by atoms with Gasteiger partial charge in [-0.1, -0.05) is 12.1 Å². The molecule has 3 fully saturated rings. The quantitative estimate of drug-likeness (QED) is 0.584. The van der Waals surface area contributed by atoms with Crippen molar-refractivity contribution >= 4 is 5.82 Å². The zero-order valence-corrected chi connectivity index (χ0v) is 19.2. The van der Waals surface area contributed by atoms with E-state index in [4.69, 9.17) is 15.5 Å². The van der Waals surface area contributed by atoms with Gasteiger partial charge in [0, 0.05) is 36.0 Å². The average molecular weight is 470 g/mol. The van der Waals surface area contributed by atoms with Crippen LogP contribution in [0.5, 0.6) is 11.5 Å². The third-order valence-corrected chi connectivity index (χ3v) is 7.20. The van der Waals surface area contributed by atoms with E-state index in [0.717, 1.165) is 25.8 Å². The summed E-state index contributed by atoms with van der Waals surface area (Å²) in [6.07, 6.45) is 4.54. The van der Waals surface area contributed by atoms with Gasteiger partial charge < -0.3 is 20.5 Å². The summed E-state index contributed by atoms with van der Waals surface area (Å²) in [7, 11) is 1.46. The summed E-state index contributed by atoms with van der Waals surface area (Å²) in [5, 5.41) is 29.9. The molecule has 2 saturated heterocycles. The number of halogens is 1. The lowest BCUT2D eigenvalue weighted by atomic mass is 9.76. The SMILES string of the molecule is COc1ccc(-c2cnc(N3CC4CCC3CC4N)c(C#N)c2-c2ccc(C#N)c(F)c2)cc1O. The van der Waals surface area contributed by atoms with E-state index in [-0.39, 0.29) is 23.4 Å². The van der Waals surface area contributed by atoms with Crippen molar-refractivity contribution in [2.45, 2.75) is 31.3 Å². The van der Waals surface area contributed by atoms with Crippen LogP contribution in [0.25, 0.3) is 22.3 Å². The maximum absolute atomic E-state index is 14.7. The van der Waals surface area contributed by atoms with Gasteiger partial charge in [-0.25, -0.2) is 9.37 Å². The van der Waals surface area contributed by atoms with E-state index in [2.05, 4.69) is 11.0 Å². The second-order valence-corrected chi connectivity index (χ2v) is 9.09. The van der Waals surface area contributed by atoms with Gasteiger partial charge in [-0.05, 0) is 60.6 Å². The summed E-state index contributed by atoms with van der Waals surface area (Å²) < 4.78 is 19.8. The molecule has 0 radical (unpaired) electrons. The number of phenolic OH excluding ortho intramolecular Hbond substituents is 1. The minimum absolute atomic E-state index is 0.0631. The number of aromatic nitrogens is 1. The molecule has 0 spiro atoms. The van der Waals surface area contributed by atoms with Crippen molar-refractivity contribution in [2.24, 2.45) is 11.7 Å². The number of methoxy groups -OCH3 is 1.